The number of ether oxygens (including phenoxy) is 2. The third-order valence-corrected chi connectivity index (χ3v) is 4.96. The molecule has 6 heteroatoms. The Bertz CT molecular complexity index is 959. The number of aromatic hydroxyl groups is 1. The molecule has 0 saturated carbocycles. The van der Waals surface area contributed by atoms with Crippen LogP contribution in [0.5, 0.6) is 11.5 Å². The molecule has 0 spiro atoms. The van der Waals surface area contributed by atoms with E-state index in [4.69, 9.17) is 9.47 Å². The van der Waals surface area contributed by atoms with Gasteiger partial charge in [-0.15, -0.1) is 0 Å². The highest BCUT2D eigenvalue weighted by Gasteiger charge is 2.16. The van der Waals surface area contributed by atoms with Gasteiger partial charge in [-0.2, -0.15) is 0 Å². The molecule has 0 aliphatic heterocycles. The lowest BCUT2D eigenvalue weighted by atomic mass is 9.93. The van der Waals surface area contributed by atoms with Gasteiger partial charge in [0.25, 0.3) is 0 Å². The predicted octanol–water partition coefficient (Wildman–Crippen LogP) is 4.94. The number of hydrogen-bond acceptors (Lipinski definition) is 6. The summed E-state index contributed by atoms with van der Waals surface area (Å²) in [6.07, 6.45) is 3.70. The fourth-order valence-corrected chi connectivity index (χ4v) is 2.96. The molecule has 0 aliphatic rings. The topological polar surface area (TPSA) is 89.9 Å². The van der Waals surface area contributed by atoms with Gasteiger partial charge < -0.3 is 14.6 Å². The van der Waals surface area contributed by atoms with Crippen LogP contribution in [0.25, 0.3) is 6.08 Å². The average molecular weight is 424 g/mol. The summed E-state index contributed by atoms with van der Waals surface area (Å²) < 4.78 is 10.4. The number of rotatable bonds is 10. The number of ketones is 1. The van der Waals surface area contributed by atoms with Crippen molar-refractivity contribution in [1.29, 1.82) is 0 Å². The summed E-state index contributed by atoms with van der Waals surface area (Å²) in [6.45, 7) is 7.56. The Morgan fingerprint density at radius 2 is 1.77 bits per heavy atom. The first-order chi connectivity index (χ1) is 14.8. The van der Waals surface area contributed by atoms with Gasteiger partial charge in [-0.1, -0.05) is 19.9 Å². The number of hydrogen-bond donors (Lipinski definition) is 1. The maximum atomic E-state index is 12.5. The minimum atomic E-state index is -0.748. The molecule has 2 aromatic carbocycles. The largest absolute Gasteiger partial charge is 0.507 e. The van der Waals surface area contributed by atoms with Gasteiger partial charge in [-0.05, 0) is 79.8 Å². The summed E-state index contributed by atoms with van der Waals surface area (Å²) in [5, 5.41) is 10.3. The van der Waals surface area contributed by atoms with Gasteiger partial charge in [0.05, 0.1) is 12.2 Å². The zero-order valence-corrected chi connectivity index (χ0v) is 18.3. The maximum Gasteiger partial charge on any atom is 0.347 e. The summed E-state index contributed by atoms with van der Waals surface area (Å²) in [4.78, 5) is 35.5. The fourth-order valence-electron chi connectivity index (χ4n) is 2.96. The van der Waals surface area contributed by atoms with Crippen LogP contribution in [0.15, 0.2) is 42.5 Å². The number of benzene rings is 2. The van der Waals surface area contributed by atoms with Crippen LogP contribution >= 0.6 is 0 Å². The van der Waals surface area contributed by atoms with Crippen molar-refractivity contribution in [3.05, 3.63) is 64.7 Å². The van der Waals surface area contributed by atoms with Gasteiger partial charge in [0.1, 0.15) is 11.5 Å². The van der Waals surface area contributed by atoms with Crippen molar-refractivity contribution >= 4 is 24.1 Å². The third kappa shape index (κ3) is 6.28. The van der Waals surface area contributed by atoms with Crippen molar-refractivity contribution in [2.24, 2.45) is 0 Å². The van der Waals surface area contributed by atoms with E-state index in [1.165, 1.54) is 6.08 Å². The van der Waals surface area contributed by atoms with E-state index in [0.717, 1.165) is 6.42 Å². The molecule has 0 aromatic heterocycles. The molecule has 0 fully saturated rings. The molecule has 31 heavy (non-hydrogen) atoms. The van der Waals surface area contributed by atoms with Crippen LogP contribution in [-0.2, 0) is 9.53 Å². The molecule has 0 heterocycles. The highest BCUT2D eigenvalue weighted by atomic mass is 16.6. The van der Waals surface area contributed by atoms with Crippen LogP contribution in [0.3, 0.4) is 0 Å². The summed E-state index contributed by atoms with van der Waals surface area (Å²) >= 11 is 0. The molecule has 2 aromatic rings. The molecule has 0 aliphatic carbocycles. The van der Waals surface area contributed by atoms with Crippen molar-refractivity contribution in [3.63, 3.8) is 0 Å². The van der Waals surface area contributed by atoms with Gasteiger partial charge in [-0.3, -0.25) is 9.59 Å². The zero-order valence-electron chi connectivity index (χ0n) is 18.3. The Kier molecular flexibility index (Phi) is 8.55. The summed E-state index contributed by atoms with van der Waals surface area (Å²) in [6, 6.07) is 9.78. The number of phenolic OH excluding ortho intramolecular Hbond substituents is 1. The molecule has 1 N–H and O–H groups in total. The van der Waals surface area contributed by atoms with Crippen molar-refractivity contribution in [1.82, 2.24) is 0 Å². The van der Waals surface area contributed by atoms with Crippen LogP contribution in [0.2, 0.25) is 0 Å². The van der Waals surface area contributed by atoms with E-state index < -0.39 is 12.1 Å². The number of phenols is 1. The van der Waals surface area contributed by atoms with Crippen LogP contribution < -0.4 is 4.74 Å². The van der Waals surface area contributed by atoms with Gasteiger partial charge >= 0.3 is 5.97 Å². The first-order valence-electron chi connectivity index (χ1n) is 10.3. The minimum absolute atomic E-state index is 0.0135. The van der Waals surface area contributed by atoms with Crippen LogP contribution in [0.1, 0.15) is 71.9 Å². The Hall–Kier alpha value is -3.41. The van der Waals surface area contributed by atoms with E-state index >= 15 is 0 Å². The van der Waals surface area contributed by atoms with Crippen molar-refractivity contribution in [2.75, 3.05) is 6.61 Å². The lowest BCUT2D eigenvalue weighted by molar-refractivity contribution is -0.150. The highest BCUT2D eigenvalue weighted by Crippen LogP contribution is 2.32. The second-order valence-corrected chi connectivity index (χ2v) is 7.21. The lowest BCUT2D eigenvalue weighted by Gasteiger charge is -2.14. The van der Waals surface area contributed by atoms with Gasteiger partial charge in [0.2, 0.25) is 0 Å². The number of esters is 1. The van der Waals surface area contributed by atoms with Crippen LogP contribution in [0, 0.1) is 0 Å². The van der Waals surface area contributed by atoms with Crippen LogP contribution in [-0.4, -0.2) is 35.9 Å². The van der Waals surface area contributed by atoms with Crippen LogP contribution in [0.4, 0.5) is 0 Å². The Morgan fingerprint density at radius 3 is 2.35 bits per heavy atom. The molecule has 2 rings (SSSR count). The fraction of sp³-hybridized carbons (Fsp3) is 0.320. The summed E-state index contributed by atoms with van der Waals surface area (Å²) in [5.74, 6) is -0.164. The highest BCUT2D eigenvalue weighted by molar-refractivity contribution is 6.07. The van der Waals surface area contributed by atoms with Gasteiger partial charge in [0, 0.05) is 5.56 Å². The molecule has 0 bridgehead atoms. The average Bonchev–Trinajstić information content (AvgIpc) is 2.78. The van der Waals surface area contributed by atoms with E-state index in [1.807, 2.05) is 13.8 Å². The Morgan fingerprint density at radius 1 is 1.10 bits per heavy atom. The van der Waals surface area contributed by atoms with E-state index in [0.29, 0.717) is 28.7 Å². The molecule has 0 radical (unpaired) electrons. The molecule has 6 nitrogen and oxygen atoms in total. The second-order valence-electron chi connectivity index (χ2n) is 7.21. The minimum Gasteiger partial charge on any atom is -0.507 e. The number of allylic oxidation sites excluding steroid dienone is 1. The van der Waals surface area contributed by atoms with Crippen molar-refractivity contribution in [3.8, 4) is 11.5 Å². The quantitative estimate of drug-likeness (QED) is 0.251. The molecule has 2 atom stereocenters. The van der Waals surface area contributed by atoms with E-state index in [-0.39, 0.29) is 29.6 Å². The molecular formula is C25H28O6. The maximum absolute atomic E-state index is 12.5. The molecule has 0 amide bonds. The third-order valence-electron chi connectivity index (χ3n) is 4.96. The Labute approximate surface area is 182 Å². The molecule has 164 valence electrons. The van der Waals surface area contributed by atoms with E-state index in [2.05, 4.69) is 0 Å². The first kappa shape index (κ1) is 23.9. The molecule has 0 saturated heterocycles. The standard InChI is InChI=1S/C25H28O6/c1-5-16(3)22-14-18(13-20(15-26)24(22)28)7-12-23(27)19-8-10-21(11-9-19)31-17(4)25(29)30-6-2/h7-17,28H,5-6H2,1-4H3/b12-7+. The smallest absolute Gasteiger partial charge is 0.347 e. The summed E-state index contributed by atoms with van der Waals surface area (Å²) in [5.41, 5.74) is 1.98. The number of carbonyl (C=O) groups excluding carboxylic acids is 3. The molecule has 2 unspecified atom stereocenters. The normalized spacial score (nSPS) is 12.9. The van der Waals surface area contributed by atoms with Gasteiger partial charge in [0.15, 0.2) is 18.2 Å². The predicted molar refractivity (Wildman–Crippen MR) is 119 cm³/mol. The van der Waals surface area contributed by atoms with Gasteiger partial charge in [-0.25, -0.2) is 4.79 Å². The Balaban J connectivity index is 2.14. The van der Waals surface area contributed by atoms with Crippen molar-refractivity contribution in [2.45, 2.75) is 46.1 Å². The van der Waals surface area contributed by atoms with E-state index in [1.54, 1.807) is 56.3 Å². The zero-order chi connectivity index (χ0) is 23.0. The SMILES string of the molecule is CCOC(=O)C(C)Oc1ccc(C(=O)/C=C/c2cc(C=O)c(O)c(C(C)CC)c2)cc1. The monoisotopic (exact) mass is 424 g/mol. The van der Waals surface area contributed by atoms with E-state index in [9.17, 15) is 19.5 Å². The first-order valence-corrected chi connectivity index (χ1v) is 10.3. The summed E-state index contributed by atoms with van der Waals surface area (Å²) in [7, 11) is 0. The number of carbonyl (C=O) groups is 3. The van der Waals surface area contributed by atoms with Crippen molar-refractivity contribution < 1.29 is 29.0 Å². The lowest BCUT2D eigenvalue weighted by Crippen LogP contribution is -2.26. The molecular weight excluding hydrogens is 396 g/mol. The second kappa shape index (κ2) is 11.1. The number of aldehydes is 1.